The molecule has 0 aliphatic carbocycles. The lowest BCUT2D eigenvalue weighted by Crippen LogP contribution is -2.28. The van der Waals surface area contributed by atoms with E-state index < -0.39 is 0 Å². The van der Waals surface area contributed by atoms with Crippen molar-refractivity contribution in [2.24, 2.45) is 5.92 Å². The zero-order valence-corrected chi connectivity index (χ0v) is 8.87. The Kier molecular flexibility index (Phi) is 3.63. The van der Waals surface area contributed by atoms with Gasteiger partial charge in [-0.25, -0.2) is 4.98 Å². The fourth-order valence-corrected chi connectivity index (χ4v) is 1.06. The number of aromatic nitrogens is 1. The second-order valence-corrected chi connectivity index (χ2v) is 3.77. The minimum absolute atomic E-state index is 0.0950. The Balaban J connectivity index is 2.61. The first-order valence-corrected chi connectivity index (χ1v) is 4.81. The maximum Gasteiger partial charge on any atom is 0.269 e. The zero-order valence-electron chi connectivity index (χ0n) is 8.87. The van der Waals surface area contributed by atoms with Gasteiger partial charge in [0.2, 0.25) is 0 Å². The highest BCUT2D eigenvalue weighted by molar-refractivity contribution is 5.92. The van der Waals surface area contributed by atoms with Gasteiger partial charge in [-0.3, -0.25) is 4.79 Å². The second-order valence-electron chi connectivity index (χ2n) is 3.77. The van der Waals surface area contributed by atoms with Crippen LogP contribution in [0, 0.1) is 12.8 Å². The molecule has 0 atom stereocenters. The Hall–Kier alpha value is -1.38. The van der Waals surface area contributed by atoms with Gasteiger partial charge in [-0.15, -0.1) is 0 Å². The molecular weight excluding hydrogens is 176 g/mol. The van der Waals surface area contributed by atoms with E-state index in [0.29, 0.717) is 18.2 Å². The van der Waals surface area contributed by atoms with Crippen LogP contribution in [0.25, 0.3) is 0 Å². The van der Waals surface area contributed by atoms with E-state index in [4.69, 9.17) is 0 Å². The largest absolute Gasteiger partial charge is 0.350 e. The number of nitrogens with one attached hydrogen (secondary N) is 1. The molecule has 0 fully saturated rings. The summed E-state index contributed by atoms with van der Waals surface area (Å²) in [4.78, 5) is 15.7. The lowest BCUT2D eigenvalue weighted by atomic mass is 10.2. The number of nitrogens with zero attached hydrogens (tertiary/aromatic N) is 1. The van der Waals surface area contributed by atoms with Gasteiger partial charge in [0.1, 0.15) is 5.69 Å². The van der Waals surface area contributed by atoms with Crippen LogP contribution in [0.3, 0.4) is 0 Å². The highest BCUT2D eigenvalue weighted by atomic mass is 16.1. The molecule has 1 rings (SSSR count). The third kappa shape index (κ3) is 3.17. The minimum Gasteiger partial charge on any atom is -0.350 e. The summed E-state index contributed by atoms with van der Waals surface area (Å²) in [6.07, 6.45) is 0. The normalized spacial score (nSPS) is 10.3. The molecule has 0 bridgehead atoms. The standard InChI is InChI=1S/C11H16N2O/c1-8(2)7-12-11(14)10-6-4-5-9(3)13-10/h4-6,8H,7H2,1-3H3,(H,12,14). The summed E-state index contributed by atoms with van der Waals surface area (Å²) in [5, 5.41) is 2.82. The molecule has 0 aromatic carbocycles. The monoisotopic (exact) mass is 192 g/mol. The maximum absolute atomic E-state index is 11.5. The number of amides is 1. The van der Waals surface area contributed by atoms with E-state index in [1.165, 1.54) is 0 Å². The Morgan fingerprint density at radius 3 is 2.79 bits per heavy atom. The smallest absolute Gasteiger partial charge is 0.269 e. The van der Waals surface area contributed by atoms with Gasteiger partial charge in [0.05, 0.1) is 0 Å². The predicted molar refractivity (Wildman–Crippen MR) is 56.1 cm³/mol. The van der Waals surface area contributed by atoms with E-state index in [1.807, 2.05) is 19.1 Å². The predicted octanol–water partition coefficient (Wildman–Crippen LogP) is 1.78. The first-order valence-electron chi connectivity index (χ1n) is 4.81. The summed E-state index contributed by atoms with van der Waals surface area (Å²) in [7, 11) is 0. The Bertz CT molecular complexity index is 321. The lowest BCUT2D eigenvalue weighted by molar-refractivity contribution is 0.0944. The first-order chi connectivity index (χ1) is 6.59. The van der Waals surface area contributed by atoms with E-state index in [-0.39, 0.29) is 5.91 Å². The van der Waals surface area contributed by atoms with Gasteiger partial charge < -0.3 is 5.32 Å². The Morgan fingerprint density at radius 1 is 1.50 bits per heavy atom. The van der Waals surface area contributed by atoms with Gasteiger partial charge in [0.25, 0.3) is 5.91 Å². The summed E-state index contributed by atoms with van der Waals surface area (Å²) in [6.45, 7) is 6.68. The van der Waals surface area contributed by atoms with E-state index in [0.717, 1.165) is 5.69 Å². The van der Waals surface area contributed by atoms with E-state index in [1.54, 1.807) is 6.07 Å². The van der Waals surface area contributed by atoms with E-state index in [9.17, 15) is 4.79 Å². The molecule has 1 N–H and O–H groups in total. The van der Waals surface area contributed by atoms with Crippen LogP contribution in [0.1, 0.15) is 30.0 Å². The van der Waals surface area contributed by atoms with Gasteiger partial charge in [-0.1, -0.05) is 19.9 Å². The van der Waals surface area contributed by atoms with Crippen molar-refractivity contribution in [1.29, 1.82) is 0 Å². The molecule has 14 heavy (non-hydrogen) atoms. The van der Waals surface area contributed by atoms with Gasteiger partial charge in [0.15, 0.2) is 0 Å². The number of carbonyl (C=O) groups is 1. The molecule has 3 heteroatoms. The molecule has 0 spiro atoms. The van der Waals surface area contributed by atoms with Crippen molar-refractivity contribution in [2.75, 3.05) is 6.54 Å². The minimum atomic E-state index is -0.0950. The number of pyridine rings is 1. The highest BCUT2D eigenvalue weighted by Crippen LogP contribution is 1.98. The molecule has 0 saturated carbocycles. The maximum atomic E-state index is 11.5. The first kappa shape index (κ1) is 10.7. The second kappa shape index (κ2) is 4.74. The highest BCUT2D eigenvalue weighted by Gasteiger charge is 2.06. The Labute approximate surface area is 84.6 Å². The van der Waals surface area contributed by atoms with Gasteiger partial charge in [-0.05, 0) is 25.0 Å². The van der Waals surface area contributed by atoms with Gasteiger partial charge >= 0.3 is 0 Å². The lowest BCUT2D eigenvalue weighted by Gasteiger charge is -2.06. The molecular formula is C11H16N2O. The molecule has 3 nitrogen and oxygen atoms in total. The van der Waals surface area contributed by atoms with Crippen LogP contribution in [-0.4, -0.2) is 17.4 Å². The molecule has 1 amide bonds. The average molecular weight is 192 g/mol. The van der Waals surface area contributed by atoms with Crippen molar-refractivity contribution < 1.29 is 4.79 Å². The van der Waals surface area contributed by atoms with Crippen molar-refractivity contribution in [3.63, 3.8) is 0 Å². The number of hydrogen-bond donors (Lipinski definition) is 1. The molecule has 0 unspecified atom stereocenters. The fraction of sp³-hybridized carbons (Fsp3) is 0.455. The molecule has 1 aromatic heterocycles. The summed E-state index contributed by atoms with van der Waals surface area (Å²) >= 11 is 0. The molecule has 0 saturated heterocycles. The van der Waals surface area contributed by atoms with Crippen LogP contribution in [-0.2, 0) is 0 Å². The summed E-state index contributed by atoms with van der Waals surface area (Å²) in [5.41, 5.74) is 1.35. The summed E-state index contributed by atoms with van der Waals surface area (Å²) in [6, 6.07) is 5.44. The summed E-state index contributed by atoms with van der Waals surface area (Å²) < 4.78 is 0. The summed E-state index contributed by atoms with van der Waals surface area (Å²) in [5.74, 6) is 0.367. The van der Waals surface area contributed by atoms with Crippen LogP contribution in [0.15, 0.2) is 18.2 Å². The van der Waals surface area contributed by atoms with Gasteiger partial charge in [0, 0.05) is 12.2 Å². The van der Waals surface area contributed by atoms with Crippen molar-refractivity contribution in [2.45, 2.75) is 20.8 Å². The number of carbonyl (C=O) groups excluding carboxylic acids is 1. The SMILES string of the molecule is Cc1cccc(C(=O)NCC(C)C)n1. The topological polar surface area (TPSA) is 42.0 Å². The van der Waals surface area contributed by atoms with Crippen LogP contribution >= 0.6 is 0 Å². The van der Waals surface area contributed by atoms with Crippen LogP contribution < -0.4 is 5.32 Å². The molecule has 76 valence electrons. The zero-order chi connectivity index (χ0) is 10.6. The van der Waals surface area contributed by atoms with Crippen LogP contribution in [0.2, 0.25) is 0 Å². The Morgan fingerprint density at radius 2 is 2.21 bits per heavy atom. The van der Waals surface area contributed by atoms with Crippen molar-refractivity contribution in [3.8, 4) is 0 Å². The van der Waals surface area contributed by atoms with Gasteiger partial charge in [-0.2, -0.15) is 0 Å². The number of aryl methyl sites for hydroxylation is 1. The van der Waals surface area contributed by atoms with Crippen molar-refractivity contribution >= 4 is 5.91 Å². The van der Waals surface area contributed by atoms with Crippen LogP contribution in [0.5, 0.6) is 0 Å². The van der Waals surface area contributed by atoms with Crippen LogP contribution in [0.4, 0.5) is 0 Å². The van der Waals surface area contributed by atoms with Crippen molar-refractivity contribution in [1.82, 2.24) is 10.3 Å². The third-order valence-corrected chi connectivity index (χ3v) is 1.79. The van der Waals surface area contributed by atoms with Crippen molar-refractivity contribution in [3.05, 3.63) is 29.6 Å². The molecule has 0 aliphatic rings. The average Bonchev–Trinajstić information content (AvgIpc) is 2.14. The molecule has 0 radical (unpaired) electrons. The molecule has 1 heterocycles. The number of rotatable bonds is 3. The van der Waals surface area contributed by atoms with E-state index in [2.05, 4.69) is 24.1 Å². The van der Waals surface area contributed by atoms with E-state index >= 15 is 0 Å². The fourth-order valence-electron chi connectivity index (χ4n) is 1.06. The third-order valence-electron chi connectivity index (χ3n) is 1.79. The quantitative estimate of drug-likeness (QED) is 0.793. The molecule has 0 aliphatic heterocycles. The molecule has 1 aromatic rings. The number of hydrogen-bond acceptors (Lipinski definition) is 2.